The monoisotopic (exact) mass is 411 g/mol. The van der Waals surface area contributed by atoms with Gasteiger partial charge in [0, 0.05) is 17.4 Å². The van der Waals surface area contributed by atoms with Gasteiger partial charge in [-0.05, 0) is 28.9 Å². The van der Waals surface area contributed by atoms with Crippen molar-refractivity contribution in [2.24, 2.45) is 0 Å². The average Bonchev–Trinajstić information content (AvgIpc) is 2.64. The second-order valence-corrected chi connectivity index (χ2v) is 6.96. The number of benzene rings is 2. The topological polar surface area (TPSA) is 113 Å². The predicted octanol–water partition coefficient (Wildman–Crippen LogP) is 3.35. The first kappa shape index (κ1) is 19.7. The van der Waals surface area contributed by atoms with Crippen molar-refractivity contribution in [1.29, 1.82) is 0 Å². The summed E-state index contributed by atoms with van der Waals surface area (Å²) in [6.45, 7) is 0. The Bertz CT molecular complexity index is 1060. The molecule has 0 aliphatic carbocycles. The summed E-state index contributed by atoms with van der Waals surface area (Å²) in [5.74, 6) is -7.40. The van der Waals surface area contributed by atoms with E-state index in [4.69, 9.17) is 11.5 Å². The van der Waals surface area contributed by atoms with E-state index < -0.39 is 45.0 Å². The smallest absolute Gasteiger partial charge is 0.221 e. The molecule has 2 aromatic carbocycles. The Kier molecular flexibility index (Phi) is 5.29. The summed E-state index contributed by atoms with van der Waals surface area (Å²) in [6, 6.07) is 6.10. The zero-order valence-corrected chi connectivity index (χ0v) is 15.1. The minimum Gasteiger partial charge on any atom is -0.612 e. The molecule has 28 heavy (non-hydrogen) atoms. The number of anilines is 4. The minimum atomic E-state index is -2.14. The van der Waals surface area contributed by atoms with Gasteiger partial charge in [0.2, 0.25) is 22.5 Å². The van der Waals surface area contributed by atoms with Crippen LogP contribution in [-0.4, -0.2) is 20.8 Å². The summed E-state index contributed by atoms with van der Waals surface area (Å²) in [5, 5.41) is 2.45. The van der Waals surface area contributed by atoms with Crippen molar-refractivity contribution in [3.8, 4) is 11.1 Å². The number of hydrogen-bond donors (Lipinski definition) is 3. The number of rotatable bonds is 4. The highest BCUT2D eigenvalue weighted by Crippen LogP contribution is 2.35. The second-order valence-electron chi connectivity index (χ2n) is 5.65. The molecule has 0 fully saturated rings. The Labute approximate surface area is 159 Å². The first-order chi connectivity index (χ1) is 13.2. The molecule has 0 saturated carbocycles. The SMILES string of the molecule is C[S+]([O-])c1c(F)c(F)c(F)c(F)c1Nc1cccc(-c2cnc(N)nc2N)c1. The first-order valence-corrected chi connectivity index (χ1v) is 9.21. The first-order valence-electron chi connectivity index (χ1n) is 7.65. The van der Waals surface area contributed by atoms with Crippen molar-refractivity contribution in [3.05, 3.63) is 53.7 Å². The molecule has 5 N–H and O–H groups in total. The maximum absolute atomic E-state index is 14.2. The maximum atomic E-state index is 14.2. The fourth-order valence-electron chi connectivity index (χ4n) is 2.53. The lowest BCUT2D eigenvalue weighted by Crippen LogP contribution is -2.12. The van der Waals surface area contributed by atoms with Crippen molar-refractivity contribution >= 4 is 34.3 Å². The molecule has 1 heterocycles. The zero-order valence-electron chi connectivity index (χ0n) is 14.3. The second kappa shape index (κ2) is 7.52. The molecule has 0 bridgehead atoms. The quantitative estimate of drug-likeness (QED) is 0.263. The molecule has 3 aromatic rings. The Morgan fingerprint density at radius 3 is 2.36 bits per heavy atom. The van der Waals surface area contributed by atoms with Gasteiger partial charge in [-0.25, -0.2) is 18.2 Å². The van der Waals surface area contributed by atoms with Gasteiger partial charge in [-0.1, -0.05) is 12.1 Å². The third-order valence-electron chi connectivity index (χ3n) is 3.79. The van der Waals surface area contributed by atoms with Crippen LogP contribution < -0.4 is 16.8 Å². The van der Waals surface area contributed by atoms with E-state index in [0.717, 1.165) is 6.26 Å². The number of nitrogens with one attached hydrogen (secondary N) is 1. The lowest BCUT2D eigenvalue weighted by Gasteiger charge is -2.16. The third-order valence-corrected chi connectivity index (χ3v) is 4.75. The normalized spacial score (nSPS) is 12.1. The Morgan fingerprint density at radius 2 is 1.71 bits per heavy atom. The van der Waals surface area contributed by atoms with Crippen LogP contribution in [0, 0.1) is 23.3 Å². The van der Waals surface area contributed by atoms with Crippen molar-refractivity contribution < 1.29 is 22.1 Å². The summed E-state index contributed by atoms with van der Waals surface area (Å²) >= 11 is -2.14. The molecule has 146 valence electrons. The fraction of sp³-hybridized carbons (Fsp3) is 0.0588. The van der Waals surface area contributed by atoms with Crippen molar-refractivity contribution in [2.75, 3.05) is 23.0 Å². The van der Waals surface area contributed by atoms with Gasteiger partial charge >= 0.3 is 0 Å². The van der Waals surface area contributed by atoms with Crippen LogP contribution in [0.3, 0.4) is 0 Å². The Hall–Kier alpha value is -3.05. The van der Waals surface area contributed by atoms with E-state index in [9.17, 15) is 22.1 Å². The molecule has 1 aromatic heterocycles. The van der Waals surface area contributed by atoms with Crippen molar-refractivity contribution in [1.82, 2.24) is 9.97 Å². The van der Waals surface area contributed by atoms with E-state index in [1.54, 1.807) is 12.1 Å². The number of nitrogens with zero attached hydrogens (tertiary/aromatic N) is 2. The van der Waals surface area contributed by atoms with E-state index >= 15 is 0 Å². The summed E-state index contributed by atoms with van der Waals surface area (Å²) in [4.78, 5) is 6.85. The van der Waals surface area contributed by atoms with E-state index in [1.807, 2.05) is 0 Å². The van der Waals surface area contributed by atoms with E-state index in [-0.39, 0.29) is 17.5 Å². The molecule has 1 unspecified atom stereocenters. The average molecular weight is 411 g/mol. The predicted molar refractivity (Wildman–Crippen MR) is 98.2 cm³/mol. The summed E-state index contributed by atoms with van der Waals surface area (Å²) in [6.07, 6.45) is 2.39. The molecular formula is C17H13F4N5OS. The maximum Gasteiger partial charge on any atom is 0.221 e. The number of hydrogen-bond acceptors (Lipinski definition) is 6. The third kappa shape index (κ3) is 3.53. The van der Waals surface area contributed by atoms with Crippen LogP contribution in [0.2, 0.25) is 0 Å². The molecule has 0 saturated heterocycles. The molecule has 11 heteroatoms. The highest BCUT2D eigenvalue weighted by molar-refractivity contribution is 7.90. The van der Waals surface area contributed by atoms with Gasteiger partial charge in [-0.2, -0.15) is 9.37 Å². The lowest BCUT2D eigenvalue weighted by atomic mass is 10.1. The van der Waals surface area contributed by atoms with E-state index in [0.29, 0.717) is 11.1 Å². The van der Waals surface area contributed by atoms with Crippen LogP contribution in [0.5, 0.6) is 0 Å². The van der Waals surface area contributed by atoms with Crippen LogP contribution in [-0.2, 0) is 11.2 Å². The Balaban J connectivity index is 2.08. The van der Waals surface area contributed by atoms with Crippen molar-refractivity contribution in [3.63, 3.8) is 0 Å². The minimum absolute atomic E-state index is 0.0232. The largest absolute Gasteiger partial charge is 0.612 e. The molecule has 0 amide bonds. The molecule has 0 spiro atoms. The molecule has 0 aliphatic heterocycles. The Morgan fingerprint density at radius 1 is 1.04 bits per heavy atom. The highest BCUT2D eigenvalue weighted by Gasteiger charge is 2.31. The summed E-state index contributed by atoms with van der Waals surface area (Å²) in [7, 11) is 0. The molecule has 0 aliphatic rings. The van der Waals surface area contributed by atoms with E-state index in [2.05, 4.69) is 15.3 Å². The summed E-state index contributed by atoms with van der Waals surface area (Å²) in [5.41, 5.74) is 11.6. The van der Waals surface area contributed by atoms with Gasteiger partial charge in [-0.15, -0.1) is 0 Å². The lowest BCUT2D eigenvalue weighted by molar-refractivity contribution is 0.399. The van der Waals surface area contributed by atoms with Gasteiger partial charge in [0.25, 0.3) is 0 Å². The van der Waals surface area contributed by atoms with Crippen LogP contribution in [0.15, 0.2) is 35.4 Å². The molecule has 6 nitrogen and oxygen atoms in total. The van der Waals surface area contributed by atoms with Gasteiger partial charge < -0.3 is 21.3 Å². The highest BCUT2D eigenvalue weighted by atomic mass is 32.2. The van der Waals surface area contributed by atoms with Gasteiger partial charge in [0.15, 0.2) is 11.6 Å². The number of nitrogen functional groups attached to an aromatic ring is 2. The zero-order chi connectivity index (χ0) is 20.6. The molecule has 1 atom stereocenters. The van der Waals surface area contributed by atoms with Gasteiger partial charge in [0.05, 0.1) is 0 Å². The van der Waals surface area contributed by atoms with Crippen LogP contribution in [0.4, 0.5) is 40.7 Å². The standard InChI is InChI=1S/C17H13F4N5OS/c1-28(27)15-13(21)11(19)10(18)12(20)14(15)25-8-4-2-3-7(5-8)9-6-24-17(23)26-16(9)22/h2-6,25H,1H3,(H4,22,23,24,26). The summed E-state index contributed by atoms with van der Waals surface area (Å²) < 4.78 is 67.2. The van der Waals surface area contributed by atoms with Gasteiger partial charge in [-0.3, -0.25) is 0 Å². The number of halogens is 4. The molecule has 3 rings (SSSR count). The van der Waals surface area contributed by atoms with Crippen LogP contribution >= 0.6 is 0 Å². The molecule has 0 radical (unpaired) electrons. The fourth-order valence-corrected chi connectivity index (χ4v) is 3.30. The number of aromatic nitrogens is 2. The van der Waals surface area contributed by atoms with E-state index in [1.165, 1.54) is 18.3 Å². The van der Waals surface area contributed by atoms with Crippen LogP contribution in [0.1, 0.15) is 0 Å². The van der Waals surface area contributed by atoms with Crippen molar-refractivity contribution in [2.45, 2.75) is 4.90 Å². The molecular weight excluding hydrogens is 398 g/mol. The van der Waals surface area contributed by atoms with Crippen LogP contribution in [0.25, 0.3) is 11.1 Å². The number of nitrogens with two attached hydrogens (primary N) is 2. The van der Waals surface area contributed by atoms with Gasteiger partial charge in [0.1, 0.15) is 17.8 Å².